The van der Waals surface area contributed by atoms with Crippen molar-refractivity contribution < 1.29 is 9.53 Å². The van der Waals surface area contributed by atoms with E-state index in [2.05, 4.69) is 23.8 Å². The summed E-state index contributed by atoms with van der Waals surface area (Å²) < 4.78 is 5.01. The minimum absolute atomic E-state index is 0.323. The molecule has 0 aliphatic heterocycles. The number of carbonyl (C=O) groups excluding carboxylic acids is 1. The topological polar surface area (TPSA) is 52.1 Å². The highest BCUT2D eigenvalue weighted by Gasteiger charge is 2.14. The van der Waals surface area contributed by atoms with Crippen molar-refractivity contribution in [3.8, 4) is 0 Å². The number of aromatic nitrogens is 2. The lowest BCUT2D eigenvalue weighted by atomic mass is 10.1. The van der Waals surface area contributed by atoms with Crippen LogP contribution in [0.1, 0.15) is 49.1 Å². The van der Waals surface area contributed by atoms with Crippen LogP contribution in [-0.2, 0) is 16.9 Å². The van der Waals surface area contributed by atoms with Gasteiger partial charge in [0.2, 0.25) is 0 Å². The second kappa shape index (κ2) is 8.08. The molecule has 1 aromatic rings. The fourth-order valence-electron chi connectivity index (χ4n) is 1.53. The molecule has 0 saturated carbocycles. The molecule has 1 rings (SSSR count). The van der Waals surface area contributed by atoms with Gasteiger partial charge in [-0.25, -0.2) is 14.8 Å². The Morgan fingerprint density at radius 3 is 2.78 bits per heavy atom. The number of hydrogen-bond donors (Lipinski definition) is 0. The Kier molecular flexibility index (Phi) is 6.72. The second-order valence-corrected chi connectivity index (χ2v) is 5.03. The van der Waals surface area contributed by atoms with Gasteiger partial charge in [-0.3, -0.25) is 0 Å². The summed E-state index contributed by atoms with van der Waals surface area (Å²) in [6.07, 6.45) is 3.33. The van der Waals surface area contributed by atoms with Crippen molar-refractivity contribution in [1.29, 1.82) is 0 Å². The zero-order chi connectivity index (χ0) is 13.4. The van der Waals surface area contributed by atoms with Gasteiger partial charge in [0.25, 0.3) is 0 Å². The molecule has 0 saturated heterocycles. The second-order valence-electron chi connectivity index (χ2n) is 3.75. The Morgan fingerprint density at radius 1 is 1.39 bits per heavy atom. The quantitative estimate of drug-likeness (QED) is 0.712. The molecule has 0 unspecified atom stereocenters. The van der Waals surface area contributed by atoms with Gasteiger partial charge in [-0.05, 0) is 19.1 Å². The Balaban J connectivity index is 2.92. The van der Waals surface area contributed by atoms with Crippen LogP contribution >= 0.6 is 11.8 Å². The Hall–Kier alpha value is -1.10. The van der Waals surface area contributed by atoms with Crippen LogP contribution in [0.3, 0.4) is 0 Å². The summed E-state index contributed by atoms with van der Waals surface area (Å²) in [7, 11) is 0. The number of nitrogens with zero attached hydrogens (tertiary/aromatic N) is 2. The Morgan fingerprint density at radius 2 is 2.17 bits per heavy atom. The summed E-state index contributed by atoms with van der Waals surface area (Å²) in [4.78, 5) is 20.5. The van der Waals surface area contributed by atoms with Crippen molar-refractivity contribution in [2.75, 3.05) is 12.4 Å². The zero-order valence-corrected chi connectivity index (χ0v) is 12.0. The summed E-state index contributed by atoms with van der Waals surface area (Å²) in [6.45, 7) is 6.34. The number of hydrogen-bond acceptors (Lipinski definition) is 5. The van der Waals surface area contributed by atoms with Crippen molar-refractivity contribution >= 4 is 17.7 Å². The molecule has 100 valence electrons. The molecule has 4 nitrogen and oxygen atoms in total. The summed E-state index contributed by atoms with van der Waals surface area (Å²) in [6, 6.07) is 0. The lowest BCUT2D eigenvalue weighted by Gasteiger charge is -2.08. The summed E-state index contributed by atoms with van der Waals surface area (Å²) in [5.74, 6) is 2.29. The van der Waals surface area contributed by atoms with Crippen LogP contribution in [0.15, 0.2) is 6.20 Å². The summed E-state index contributed by atoms with van der Waals surface area (Å²) >= 11 is 1.77. The first-order valence-electron chi connectivity index (χ1n) is 6.32. The third kappa shape index (κ3) is 4.29. The molecule has 0 bridgehead atoms. The Bertz CT molecular complexity index is 397. The molecule has 0 atom stereocenters. The lowest BCUT2D eigenvalue weighted by Crippen LogP contribution is -2.12. The Labute approximate surface area is 113 Å². The predicted molar refractivity (Wildman–Crippen MR) is 73.8 cm³/mol. The first-order chi connectivity index (χ1) is 8.72. The third-order valence-corrected chi connectivity index (χ3v) is 3.21. The monoisotopic (exact) mass is 268 g/mol. The number of thioether (sulfide) groups is 1. The predicted octanol–water partition coefficient (Wildman–Crippen LogP) is 2.86. The largest absolute Gasteiger partial charge is 0.462 e. The maximum atomic E-state index is 11.8. The van der Waals surface area contributed by atoms with Crippen molar-refractivity contribution in [3.63, 3.8) is 0 Å². The van der Waals surface area contributed by atoms with E-state index in [1.807, 2.05) is 0 Å². The van der Waals surface area contributed by atoms with E-state index in [4.69, 9.17) is 4.74 Å². The molecule has 0 radical (unpaired) electrons. The van der Waals surface area contributed by atoms with Crippen LogP contribution in [0, 0.1) is 0 Å². The van der Waals surface area contributed by atoms with Gasteiger partial charge in [0.15, 0.2) is 0 Å². The molecule has 0 fully saturated rings. The molecule has 18 heavy (non-hydrogen) atoms. The first kappa shape index (κ1) is 15.0. The van der Waals surface area contributed by atoms with Crippen molar-refractivity contribution in [3.05, 3.63) is 23.3 Å². The maximum absolute atomic E-state index is 11.8. The molecule has 1 aromatic heterocycles. The van der Waals surface area contributed by atoms with Gasteiger partial charge in [-0.15, -0.1) is 0 Å². The minimum atomic E-state index is -0.323. The summed E-state index contributed by atoms with van der Waals surface area (Å²) in [5, 5.41) is 0. The van der Waals surface area contributed by atoms with E-state index in [-0.39, 0.29) is 5.97 Å². The van der Waals surface area contributed by atoms with E-state index in [1.165, 1.54) is 0 Å². The highest BCUT2D eigenvalue weighted by molar-refractivity contribution is 7.98. The summed E-state index contributed by atoms with van der Waals surface area (Å²) in [5.41, 5.74) is 1.31. The van der Waals surface area contributed by atoms with Crippen LogP contribution in [0.5, 0.6) is 0 Å². The van der Waals surface area contributed by atoms with Gasteiger partial charge in [-0.1, -0.05) is 20.3 Å². The smallest absolute Gasteiger partial charge is 0.341 e. The van der Waals surface area contributed by atoms with Crippen LogP contribution in [0.4, 0.5) is 0 Å². The first-order valence-corrected chi connectivity index (χ1v) is 7.48. The van der Waals surface area contributed by atoms with Crippen LogP contribution < -0.4 is 0 Å². The van der Waals surface area contributed by atoms with Gasteiger partial charge >= 0.3 is 5.97 Å². The number of aryl methyl sites for hydroxylation is 1. The number of rotatable bonds is 7. The van der Waals surface area contributed by atoms with E-state index in [1.54, 1.807) is 24.9 Å². The van der Waals surface area contributed by atoms with Gasteiger partial charge in [-0.2, -0.15) is 11.8 Å². The molecular weight excluding hydrogens is 248 g/mol. The van der Waals surface area contributed by atoms with E-state index < -0.39 is 0 Å². The van der Waals surface area contributed by atoms with E-state index >= 15 is 0 Å². The highest BCUT2D eigenvalue weighted by atomic mass is 32.2. The zero-order valence-electron chi connectivity index (χ0n) is 11.2. The van der Waals surface area contributed by atoms with Crippen LogP contribution in [-0.4, -0.2) is 28.3 Å². The SMILES string of the molecule is CCCc1nc(CSCC)ncc1C(=O)OCC. The van der Waals surface area contributed by atoms with Crippen molar-refractivity contribution in [2.24, 2.45) is 0 Å². The van der Waals surface area contributed by atoms with Gasteiger partial charge in [0, 0.05) is 6.20 Å². The molecule has 0 spiro atoms. The molecule has 1 heterocycles. The highest BCUT2D eigenvalue weighted by Crippen LogP contribution is 2.13. The molecule has 0 aliphatic rings. The third-order valence-electron chi connectivity index (χ3n) is 2.34. The lowest BCUT2D eigenvalue weighted by molar-refractivity contribution is 0.0524. The average molecular weight is 268 g/mol. The molecule has 0 aliphatic carbocycles. The van der Waals surface area contributed by atoms with Gasteiger partial charge < -0.3 is 4.74 Å². The average Bonchev–Trinajstić information content (AvgIpc) is 2.37. The number of ether oxygens (including phenoxy) is 1. The maximum Gasteiger partial charge on any atom is 0.341 e. The minimum Gasteiger partial charge on any atom is -0.462 e. The number of carbonyl (C=O) groups is 1. The number of esters is 1. The fraction of sp³-hybridized carbons (Fsp3) is 0.615. The van der Waals surface area contributed by atoms with E-state index in [0.717, 1.165) is 35.9 Å². The molecule has 5 heteroatoms. The standard InChI is InChI=1S/C13H20N2O2S/c1-4-7-11-10(13(16)17-5-2)8-14-12(15-11)9-18-6-3/h8H,4-7,9H2,1-3H3. The van der Waals surface area contributed by atoms with Crippen molar-refractivity contribution in [2.45, 2.75) is 39.4 Å². The molecular formula is C13H20N2O2S. The van der Waals surface area contributed by atoms with Gasteiger partial charge in [0.1, 0.15) is 5.82 Å². The normalized spacial score (nSPS) is 10.4. The van der Waals surface area contributed by atoms with E-state index in [0.29, 0.717) is 12.2 Å². The van der Waals surface area contributed by atoms with Crippen molar-refractivity contribution in [1.82, 2.24) is 9.97 Å². The van der Waals surface area contributed by atoms with E-state index in [9.17, 15) is 4.79 Å². The molecule has 0 N–H and O–H groups in total. The molecule has 0 amide bonds. The fourth-order valence-corrected chi connectivity index (χ4v) is 2.05. The van der Waals surface area contributed by atoms with Crippen LogP contribution in [0.25, 0.3) is 0 Å². The molecule has 0 aromatic carbocycles. The van der Waals surface area contributed by atoms with Gasteiger partial charge in [0.05, 0.1) is 23.6 Å². The van der Waals surface area contributed by atoms with Crippen LogP contribution in [0.2, 0.25) is 0 Å².